The van der Waals surface area contributed by atoms with Gasteiger partial charge in [0.1, 0.15) is 6.10 Å². The first-order valence-electron chi connectivity index (χ1n) is 4.85. The summed E-state index contributed by atoms with van der Waals surface area (Å²) < 4.78 is 0. The monoisotopic (exact) mass is 236 g/mol. The highest BCUT2D eigenvalue weighted by atomic mass is 16.4. The molecule has 1 amide bonds. The summed E-state index contributed by atoms with van der Waals surface area (Å²) in [5.41, 5.74) is 2.54. The lowest BCUT2D eigenvalue weighted by Crippen LogP contribution is -2.28. The zero-order valence-electron chi connectivity index (χ0n) is 9.12. The second-order valence-corrected chi connectivity index (χ2v) is 3.30. The Kier molecular flexibility index (Phi) is 4.36. The number of nitrogens with one attached hydrogen (secondary N) is 1. The average Bonchev–Trinajstić information content (AvgIpc) is 2.29. The van der Waals surface area contributed by atoms with Crippen LogP contribution in [0.1, 0.15) is 22.8 Å². The van der Waals surface area contributed by atoms with Gasteiger partial charge < -0.3 is 10.2 Å². The van der Waals surface area contributed by atoms with Crippen LogP contribution in [0, 0.1) is 0 Å². The SMILES string of the molecule is C[C@@H](O)C(=O)N/N=C\c1ccccc1C(=O)O. The van der Waals surface area contributed by atoms with E-state index in [-0.39, 0.29) is 5.56 Å². The molecule has 3 N–H and O–H groups in total. The fourth-order valence-corrected chi connectivity index (χ4v) is 1.06. The molecule has 0 unspecified atom stereocenters. The van der Waals surface area contributed by atoms with Crippen LogP contribution in [0.5, 0.6) is 0 Å². The number of carbonyl (C=O) groups excluding carboxylic acids is 1. The number of hydrogen-bond acceptors (Lipinski definition) is 4. The minimum Gasteiger partial charge on any atom is -0.478 e. The van der Waals surface area contributed by atoms with Crippen molar-refractivity contribution in [3.05, 3.63) is 35.4 Å². The van der Waals surface area contributed by atoms with Crippen LogP contribution in [0.25, 0.3) is 0 Å². The summed E-state index contributed by atoms with van der Waals surface area (Å²) in [6, 6.07) is 6.24. The number of hydrazone groups is 1. The predicted octanol–water partition coefficient (Wildman–Crippen LogP) is 0.216. The minimum atomic E-state index is -1.16. The maximum Gasteiger partial charge on any atom is 0.336 e. The molecule has 0 aliphatic carbocycles. The van der Waals surface area contributed by atoms with Gasteiger partial charge in [0.15, 0.2) is 0 Å². The number of aromatic carboxylic acids is 1. The van der Waals surface area contributed by atoms with E-state index >= 15 is 0 Å². The number of benzene rings is 1. The largest absolute Gasteiger partial charge is 0.478 e. The molecular formula is C11H12N2O4. The number of carboxylic acids is 1. The lowest BCUT2D eigenvalue weighted by Gasteiger charge is -2.02. The van der Waals surface area contributed by atoms with Gasteiger partial charge in [0, 0.05) is 5.56 Å². The first-order valence-corrected chi connectivity index (χ1v) is 4.85. The quantitative estimate of drug-likeness (QED) is 0.514. The van der Waals surface area contributed by atoms with Crippen LogP contribution in [-0.4, -0.2) is 34.4 Å². The molecule has 0 aromatic heterocycles. The zero-order valence-corrected chi connectivity index (χ0v) is 9.12. The Labute approximate surface area is 97.6 Å². The first kappa shape index (κ1) is 12.9. The maximum absolute atomic E-state index is 11.0. The summed E-state index contributed by atoms with van der Waals surface area (Å²) >= 11 is 0. The molecule has 1 rings (SSSR count). The van der Waals surface area contributed by atoms with Gasteiger partial charge in [0.25, 0.3) is 5.91 Å². The molecule has 1 atom stereocenters. The third kappa shape index (κ3) is 3.69. The second kappa shape index (κ2) is 5.76. The zero-order chi connectivity index (χ0) is 12.8. The van der Waals surface area contributed by atoms with Crippen molar-refractivity contribution in [3.8, 4) is 0 Å². The molecule has 0 spiro atoms. The number of aliphatic hydroxyl groups is 1. The lowest BCUT2D eigenvalue weighted by molar-refractivity contribution is -0.128. The van der Waals surface area contributed by atoms with E-state index in [4.69, 9.17) is 10.2 Å². The van der Waals surface area contributed by atoms with Crippen molar-refractivity contribution in [2.45, 2.75) is 13.0 Å². The van der Waals surface area contributed by atoms with Crippen molar-refractivity contribution in [3.63, 3.8) is 0 Å². The Bertz CT molecular complexity index is 455. The molecule has 0 heterocycles. The second-order valence-electron chi connectivity index (χ2n) is 3.30. The van der Waals surface area contributed by atoms with Gasteiger partial charge in [-0.05, 0) is 13.0 Å². The van der Waals surface area contributed by atoms with Gasteiger partial charge in [0.05, 0.1) is 11.8 Å². The third-order valence-corrected chi connectivity index (χ3v) is 1.95. The Morgan fingerprint density at radius 1 is 1.41 bits per heavy atom. The molecule has 17 heavy (non-hydrogen) atoms. The maximum atomic E-state index is 11.0. The van der Waals surface area contributed by atoms with Crippen LogP contribution in [-0.2, 0) is 4.79 Å². The van der Waals surface area contributed by atoms with Gasteiger partial charge in [-0.15, -0.1) is 0 Å². The summed E-state index contributed by atoms with van der Waals surface area (Å²) in [5, 5.41) is 21.3. The fraction of sp³-hybridized carbons (Fsp3) is 0.182. The van der Waals surface area contributed by atoms with Gasteiger partial charge in [-0.1, -0.05) is 18.2 Å². The Morgan fingerprint density at radius 2 is 2.06 bits per heavy atom. The van der Waals surface area contributed by atoms with Crippen LogP contribution < -0.4 is 5.43 Å². The molecule has 1 aromatic carbocycles. The standard InChI is InChI=1S/C11H12N2O4/c1-7(14)10(15)13-12-6-8-4-2-3-5-9(8)11(16)17/h2-7,14H,1H3,(H,13,15)(H,16,17)/b12-6-/t7-/m1/s1. The van der Waals surface area contributed by atoms with Crippen molar-refractivity contribution < 1.29 is 19.8 Å². The van der Waals surface area contributed by atoms with Crippen LogP contribution in [0.2, 0.25) is 0 Å². The smallest absolute Gasteiger partial charge is 0.336 e. The molecule has 0 bridgehead atoms. The van der Waals surface area contributed by atoms with Crippen molar-refractivity contribution in [1.29, 1.82) is 0 Å². The highest BCUT2D eigenvalue weighted by molar-refractivity contribution is 5.98. The fourth-order valence-electron chi connectivity index (χ4n) is 1.06. The van der Waals surface area contributed by atoms with Crippen molar-refractivity contribution in [1.82, 2.24) is 5.43 Å². The number of aliphatic hydroxyl groups excluding tert-OH is 1. The molecule has 6 nitrogen and oxygen atoms in total. The predicted molar refractivity (Wildman–Crippen MR) is 60.8 cm³/mol. The molecule has 0 aliphatic rings. The highest BCUT2D eigenvalue weighted by Crippen LogP contribution is 2.05. The van der Waals surface area contributed by atoms with Gasteiger partial charge in [-0.25, -0.2) is 10.2 Å². The molecule has 90 valence electrons. The molecule has 1 aromatic rings. The summed E-state index contributed by atoms with van der Waals surface area (Å²) in [7, 11) is 0. The number of rotatable bonds is 4. The summed E-state index contributed by atoms with van der Waals surface area (Å²) in [4.78, 5) is 21.8. The van der Waals surface area contributed by atoms with Gasteiger partial charge >= 0.3 is 5.97 Å². The molecule has 6 heteroatoms. The molecule has 0 aliphatic heterocycles. The normalized spacial score (nSPS) is 12.4. The van der Waals surface area contributed by atoms with Gasteiger partial charge in [-0.3, -0.25) is 4.79 Å². The van der Waals surface area contributed by atoms with Crippen LogP contribution in [0.15, 0.2) is 29.4 Å². The molecule has 0 saturated carbocycles. The summed E-state index contributed by atoms with van der Waals surface area (Å²) in [6.07, 6.45) is 0.0471. The van der Waals surface area contributed by atoms with E-state index in [0.29, 0.717) is 5.56 Å². The number of hydrogen-bond donors (Lipinski definition) is 3. The Hall–Kier alpha value is -2.21. The third-order valence-electron chi connectivity index (χ3n) is 1.95. The average molecular weight is 236 g/mol. The lowest BCUT2D eigenvalue weighted by atomic mass is 10.1. The van der Waals surface area contributed by atoms with Gasteiger partial charge in [-0.2, -0.15) is 5.10 Å². The van der Waals surface area contributed by atoms with Crippen molar-refractivity contribution in [2.75, 3.05) is 0 Å². The minimum absolute atomic E-state index is 0.0857. The van der Waals surface area contributed by atoms with E-state index in [9.17, 15) is 9.59 Å². The Balaban J connectivity index is 2.78. The van der Waals surface area contributed by atoms with Crippen LogP contribution in [0.3, 0.4) is 0 Å². The molecule has 0 saturated heterocycles. The molecule has 0 fully saturated rings. The Morgan fingerprint density at radius 3 is 2.65 bits per heavy atom. The number of carbonyl (C=O) groups is 2. The summed E-state index contributed by atoms with van der Waals surface area (Å²) in [5.74, 6) is -1.73. The van der Waals surface area contributed by atoms with Crippen LogP contribution in [0.4, 0.5) is 0 Å². The van der Waals surface area contributed by atoms with E-state index in [1.165, 1.54) is 19.2 Å². The highest BCUT2D eigenvalue weighted by Gasteiger charge is 2.08. The first-order chi connectivity index (χ1) is 8.02. The van der Waals surface area contributed by atoms with Crippen molar-refractivity contribution >= 4 is 18.1 Å². The summed E-state index contributed by atoms with van der Waals surface area (Å²) in [6.45, 7) is 1.30. The van der Waals surface area contributed by atoms with Crippen LogP contribution >= 0.6 is 0 Å². The molecule has 0 radical (unpaired) electrons. The number of nitrogens with zero attached hydrogens (tertiary/aromatic N) is 1. The van der Waals surface area contributed by atoms with E-state index in [0.717, 1.165) is 0 Å². The van der Waals surface area contributed by atoms with E-state index in [1.54, 1.807) is 18.2 Å². The van der Waals surface area contributed by atoms with E-state index < -0.39 is 18.0 Å². The van der Waals surface area contributed by atoms with Gasteiger partial charge in [0.2, 0.25) is 0 Å². The molecular weight excluding hydrogens is 224 g/mol. The van der Waals surface area contributed by atoms with E-state index in [2.05, 4.69) is 10.5 Å². The van der Waals surface area contributed by atoms with Crippen molar-refractivity contribution in [2.24, 2.45) is 5.10 Å². The van der Waals surface area contributed by atoms with E-state index in [1.807, 2.05) is 0 Å². The topological polar surface area (TPSA) is 99.0 Å². The number of amides is 1. The number of carboxylic acid groups (broad SMARTS) is 1.